The summed E-state index contributed by atoms with van der Waals surface area (Å²) in [4.78, 5) is 18.6. The van der Waals surface area contributed by atoms with Crippen molar-refractivity contribution in [2.75, 3.05) is 38.6 Å². The molecule has 1 saturated heterocycles. The van der Waals surface area contributed by atoms with E-state index in [0.717, 1.165) is 62.3 Å². The fourth-order valence-corrected chi connectivity index (χ4v) is 3.89. The number of hydrogen-bond donors (Lipinski definition) is 0. The van der Waals surface area contributed by atoms with Crippen LogP contribution < -0.4 is 4.90 Å². The van der Waals surface area contributed by atoms with Gasteiger partial charge in [-0.1, -0.05) is 12.1 Å². The molecule has 6 nitrogen and oxygen atoms in total. The van der Waals surface area contributed by atoms with Crippen LogP contribution in [0.2, 0.25) is 0 Å². The molecule has 4 rings (SSSR count). The third-order valence-corrected chi connectivity index (χ3v) is 5.37. The maximum absolute atomic E-state index is 4.80. The van der Waals surface area contributed by atoms with Crippen molar-refractivity contribution in [3.05, 3.63) is 48.7 Å². The molecule has 0 saturated carbocycles. The van der Waals surface area contributed by atoms with Crippen LogP contribution in [0.4, 0.5) is 5.82 Å². The highest BCUT2D eigenvalue weighted by atomic mass is 15.2. The van der Waals surface area contributed by atoms with E-state index in [-0.39, 0.29) is 0 Å². The highest BCUT2D eigenvalue weighted by Gasteiger charge is 2.24. The molecule has 0 unspecified atom stereocenters. The fraction of sp³-hybridized carbons (Fsp3) is 0.476. The Balaban J connectivity index is 1.39. The Hall–Kier alpha value is -2.47. The van der Waals surface area contributed by atoms with E-state index in [1.807, 2.05) is 36.7 Å². The Bertz CT molecular complexity index is 879. The SMILES string of the molecule is CN(C)CCCn1ccnc1C1CCN(c2cnc3ccccc3n2)CC1. The molecule has 1 aromatic carbocycles. The summed E-state index contributed by atoms with van der Waals surface area (Å²) >= 11 is 0. The molecule has 1 fully saturated rings. The van der Waals surface area contributed by atoms with Gasteiger partial charge in [0.15, 0.2) is 0 Å². The minimum atomic E-state index is 0.532. The molecular weight excluding hydrogens is 336 g/mol. The first kappa shape index (κ1) is 17.9. The van der Waals surface area contributed by atoms with Crippen molar-refractivity contribution in [2.45, 2.75) is 31.7 Å². The van der Waals surface area contributed by atoms with Gasteiger partial charge < -0.3 is 14.4 Å². The second-order valence-electron chi connectivity index (χ2n) is 7.61. The summed E-state index contributed by atoms with van der Waals surface area (Å²) in [6.07, 6.45) is 9.36. The van der Waals surface area contributed by atoms with E-state index < -0.39 is 0 Å². The van der Waals surface area contributed by atoms with Gasteiger partial charge in [0.1, 0.15) is 11.6 Å². The van der Waals surface area contributed by atoms with Crippen molar-refractivity contribution in [3.63, 3.8) is 0 Å². The van der Waals surface area contributed by atoms with Crippen molar-refractivity contribution >= 4 is 16.9 Å². The van der Waals surface area contributed by atoms with E-state index in [1.54, 1.807) is 0 Å². The van der Waals surface area contributed by atoms with Crippen molar-refractivity contribution in [2.24, 2.45) is 0 Å². The summed E-state index contributed by atoms with van der Waals surface area (Å²) < 4.78 is 2.35. The number of piperidine rings is 1. The lowest BCUT2D eigenvalue weighted by Gasteiger charge is -2.32. The number of aryl methyl sites for hydroxylation is 1. The molecule has 1 aliphatic heterocycles. The zero-order valence-corrected chi connectivity index (χ0v) is 16.3. The quantitative estimate of drug-likeness (QED) is 0.672. The lowest BCUT2D eigenvalue weighted by molar-refractivity contribution is 0.380. The number of imidazole rings is 1. The zero-order valence-electron chi connectivity index (χ0n) is 16.3. The highest BCUT2D eigenvalue weighted by molar-refractivity contribution is 5.75. The monoisotopic (exact) mass is 364 g/mol. The highest BCUT2D eigenvalue weighted by Crippen LogP contribution is 2.29. The average molecular weight is 364 g/mol. The molecule has 0 bridgehead atoms. The molecule has 27 heavy (non-hydrogen) atoms. The molecule has 0 spiro atoms. The smallest absolute Gasteiger partial charge is 0.147 e. The van der Waals surface area contributed by atoms with E-state index in [9.17, 15) is 0 Å². The Morgan fingerprint density at radius 2 is 1.85 bits per heavy atom. The van der Waals surface area contributed by atoms with E-state index in [4.69, 9.17) is 4.98 Å². The van der Waals surface area contributed by atoms with Gasteiger partial charge in [-0.2, -0.15) is 0 Å². The van der Waals surface area contributed by atoms with Crippen molar-refractivity contribution in [1.29, 1.82) is 0 Å². The number of nitrogens with zero attached hydrogens (tertiary/aromatic N) is 6. The van der Waals surface area contributed by atoms with Crippen molar-refractivity contribution in [1.82, 2.24) is 24.4 Å². The summed E-state index contributed by atoms with van der Waals surface area (Å²) in [6.45, 7) is 4.16. The van der Waals surface area contributed by atoms with E-state index >= 15 is 0 Å². The van der Waals surface area contributed by atoms with Crippen molar-refractivity contribution in [3.8, 4) is 0 Å². The number of benzene rings is 1. The first-order chi connectivity index (χ1) is 13.2. The lowest BCUT2D eigenvalue weighted by atomic mass is 9.96. The average Bonchev–Trinajstić information content (AvgIpc) is 3.16. The van der Waals surface area contributed by atoms with Gasteiger partial charge in [-0.05, 0) is 52.0 Å². The van der Waals surface area contributed by atoms with Crippen LogP contribution >= 0.6 is 0 Å². The van der Waals surface area contributed by atoms with Gasteiger partial charge >= 0.3 is 0 Å². The summed E-state index contributed by atoms with van der Waals surface area (Å²) in [5.74, 6) is 2.77. The number of hydrogen-bond acceptors (Lipinski definition) is 5. The second-order valence-corrected chi connectivity index (χ2v) is 7.61. The van der Waals surface area contributed by atoms with E-state index in [0.29, 0.717) is 5.92 Å². The Kier molecular flexibility index (Phi) is 5.34. The van der Waals surface area contributed by atoms with Gasteiger partial charge in [0.25, 0.3) is 0 Å². The van der Waals surface area contributed by atoms with Crippen LogP contribution in [-0.4, -0.2) is 58.1 Å². The molecule has 6 heteroatoms. The van der Waals surface area contributed by atoms with Gasteiger partial charge in [0.05, 0.1) is 17.2 Å². The first-order valence-corrected chi connectivity index (χ1v) is 9.83. The third-order valence-electron chi connectivity index (χ3n) is 5.37. The minimum Gasteiger partial charge on any atom is -0.355 e. The van der Waals surface area contributed by atoms with Crippen LogP contribution in [0.25, 0.3) is 11.0 Å². The predicted molar refractivity (Wildman–Crippen MR) is 109 cm³/mol. The number of fused-ring (bicyclic) bond motifs is 1. The normalized spacial score (nSPS) is 15.7. The molecule has 0 amide bonds. The summed E-state index contributed by atoms with van der Waals surface area (Å²) in [5.41, 5.74) is 1.92. The maximum Gasteiger partial charge on any atom is 0.147 e. The van der Waals surface area contributed by atoms with E-state index in [1.165, 1.54) is 5.82 Å². The predicted octanol–water partition coefficient (Wildman–Crippen LogP) is 3.16. The first-order valence-electron chi connectivity index (χ1n) is 9.83. The minimum absolute atomic E-state index is 0.532. The van der Waals surface area contributed by atoms with Crippen LogP contribution in [0, 0.1) is 0 Å². The standard InChI is InChI=1S/C21H28N6/c1-25(2)11-5-12-27-15-10-22-21(27)17-8-13-26(14-9-17)20-16-23-18-6-3-4-7-19(18)24-20/h3-4,6-7,10,15-17H,5,8-9,11-14H2,1-2H3. The number of rotatable bonds is 6. The molecule has 0 aliphatic carbocycles. The molecule has 0 atom stereocenters. The molecular formula is C21H28N6. The maximum atomic E-state index is 4.80. The third kappa shape index (κ3) is 4.11. The second kappa shape index (κ2) is 8.05. The number of anilines is 1. The Morgan fingerprint density at radius 1 is 1.07 bits per heavy atom. The van der Waals surface area contributed by atoms with Gasteiger partial charge in [0.2, 0.25) is 0 Å². The molecule has 2 aromatic heterocycles. The topological polar surface area (TPSA) is 50.1 Å². The van der Waals surface area contributed by atoms with Gasteiger partial charge in [-0.15, -0.1) is 0 Å². The largest absolute Gasteiger partial charge is 0.355 e. The van der Waals surface area contributed by atoms with Crippen LogP contribution in [0.3, 0.4) is 0 Å². The van der Waals surface area contributed by atoms with Crippen LogP contribution in [0.1, 0.15) is 31.0 Å². The van der Waals surface area contributed by atoms with Gasteiger partial charge in [-0.3, -0.25) is 4.98 Å². The Morgan fingerprint density at radius 3 is 2.63 bits per heavy atom. The fourth-order valence-electron chi connectivity index (χ4n) is 3.89. The summed E-state index contributed by atoms with van der Waals surface area (Å²) in [5, 5.41) is 0. The summed E-state index contributed by atoms with van der Waals surface area (Å²) in [7, 11) is 4.25. The molecule has 3 heterocycles. The molecule has 3 aromatic rings. The number of aromatic nitrogens is 4. The number of para-hydroxylation sites is 2. The zero-order chi connectivity index (χ0) is 18.6. The molecule has 142 valence electrons. The van der Waals surface area contributed by atoms with Crippen LogP contribution in [0.15, 0.2) is 42.9 Å². The van der Waals surface area contributed by atoms with Crippen molar-refractivity contribution < 1.29 is 0 Å². The van der Waals surface area contributed by atoms with Gasteiger partial charge in [0, 0.05) is 37.9 Å². The van der Waals surface area contributed by atoms with Crippen LogP contribution in [-0.2, 0) is 6.54 Å². The van der Waals surface area contributed by atoms with Crippen LogP contribution in [0.5, 0.6) is 0 Å². The van der Waals surface area contributed by atoms with Gasteiger partial charge in [-0.25, -0.2) is 9.97 Å². The summed E-state index contributed by atoms with van der Waals surface area (Å²) in [6, 6.07) is 8.06. The lowest BCUT2D eigenvalue weighted by Crippen LogP contribution is -2.34. The molecule has 1 aliphatic rings. The molecule has 0 radical (unpaired) electrons. The molecule has 0 N–H and O–H groups in total. The van der Waals surface area contributed by atoms with E-state index in [2.05, 4.69) is 44.6 Å². The Labute approximate surface area is 160 Å².